The van der Waals surface area contributed by atoms with Crippen molar-refractivity contribution in [3.05, 3.63) is 47.2 Å². The van der Waals surface area contributed by atoms with Crippen LogP contribution in [0.25, 0.3) is 0 Å². The first-order valence-corrected chi connectivity index (χ1v) is 8.37. The fourth-order valence-corrected chi connectivity index (χ4v) is 2.99. The standard InChI is InChI=1S/C18H21N3O5/c1-11-9-15(12(2)21(11)10-14-5-4-8-25-14)17(23)26-13(3)16(22)20-7-6-19-18(20)24/h4-5,8-9,13H,6-7,10H2,1-3H3,(H,19,24). The van der Waals surface area contributed by atoms with Crippen LogP contribution in [0.2, 0.25) is 0 Å². The van der Waals surface area contributed by atoms with Crippen LogP contribution in [-0.2, 0) is 16.1 Å². The van der Waals surface area contributed by atoms with Crippen LogP contribution in [0, 0.1) is 13.8 Å². The lowest BCUT2D eigenvalue weighted by Crippen LogP contribution is -2.41. The summed E-state index contributed by atoms with van der Waals surface area (Å²) < 4.78 is 12.6. The molecule has 0 bridgehead atoms. The SMILES string of the molecule is Cc1cc(C(=O)OC(C)C(=O)N2CCNC2=O)c(C)n1Cc1ccco1. The number of aromatic nitrogens is 1. The Labute approximate surface area is 150 Å². The second-order valence-corrected chi connectivity index (χ2v) is 6.22. The molecule has 138 valence electrons. The van der Waals surface area contributed by atoms with Crippen molar-refractivity contribution in [2.24, 2.45) is 0 Å². The number of hydrogen-bond donors (Lipinski definition) is 1. The number of imide groups is 1. The van der Waals surface area contributed by atoms with Crippen LogP contribution < -0.4 is 5.32 Å². The molecular weight excluding hydrogens is 338 g/mol. The monoisotopic (exact) mass is 359 g/mol. The van der Waals surface area contributed by atoms with Crippen molar-refractivity contribution in [1.29, 1.82) is 0 Å². The van der Waals surface area contributed by atoms with Gasteiger partial charge in [0.1, 0.15) is 5.76 Å². The van der Waals surface area contributed by atoms with Gasteiger partial charge in [0.05, 0.1) is 18.4 Å². The fourth-order valence-electron chi connectivity index (χ4n) is 2.99. The van der Waals surface area contributed by atoms with Crippen LogP contribution in [0.15, 0.2) is 28.9 Å². The van der Waals surface area contributed by atoms with Crippen molar-refractivity contribution in [3.8, 4) is 0 Å². The number of carbonyl (C=O) groups is 3. The summed E-state index contributed by atoms with van der Waals surface area (Å²) in [6.07, 6.45) is 0.556. The van der Waals surface area contributed by atoms with Gasteiger partial charge < -0.3 is 19.0 Å². The molecule has 0 spiro atoms. The summed E-state index contributed by atoms with van der Waals surface area (Å²) in [7, 11) is 0. The quantitative estimate of drug-likeness (QED) is 0.822. The van der Waals surface area contributed by atoms with Crippen LogP contribution in [0.4, 0.5) is 4.79 Å². The number of furan rings is 1. The number of rotatable bonds is 5. The fraction of sp³-hybridized carbons (Fsp3) is 0.389. The van der Waals surface area contributed by atoms with Gasteiger partial charge in [-0.15, -0.1) is 0 Å². The predicted molar refractivity (Wildman–Crippen MR) is 91.7 cm³/mol. The molecule has 1 N–H and O–H groups in total. The maximum atomic E-state index is 12.5. The zero-order valence-electron chi connectivity index (χ0n) is 14.9. The molecule has 3 heterocycles. The lowest BCUT2D eigenvalue weighted by molar-refractivity contribution is -0.136. The third kappa shape index (κ3) is 3.35. The van der Waals surface area contributed by atoms with Crippen molar-refractivity contribution in [2.75, 3.05) is 13.1 Å². The van der Waals surface area contributed by atoms with Crippen molar-refractivity contribution < 1.29 is 23.5 Å². The van der Waals surface area contributed by atoms with Gasteiger partial charge >= 0.3 is 12.0 Å². The van der Waals surface area contributed by atoms with E-state index >= 15 is 0 Å². The van der Waals surface area contributed by atoms with Gasteiger partial charge in [0.25, 0.3) is 5.91 Å². The smallest absolute Gasteiger partial charge is 0.340 e. The summed E-state index contributed by atoms with van der Waals surface area (Å²) in [6, 6.07) is 4.93. The van der Waals surface area contributed by atoms with E-state index in [-0.39, 0.29) is 6.54 Å². The van der Waals surface area contributed by atoms with Crippen LogP contribution in [0.3, 0.4) is 0 Å². The van der Waals surface area contributed by atoms with Gasteiger partial charge in [-0.1, -0.05) is 0 Å². The average molecular weight is 359 g/mol. The van der Waals surface area contributed by atoms with E-state index in [9.17, 15) is 14.4 Å². The first kappa shape index (κ1) is 17.8. The molecule has 2 aromatic heterocycles. The Balaban J connectivity index is 1.71. The first-order valence-electron chi connectivity index (χ1n) is 8.37. The van der Waals surface area contributed by atoms with E-state index < -0.39 is 24.0 Å². The van der Waals surface area contributed by atoms with Gasteiger partial charge in [0.15, 0.2) is 6.10 Å². The number of amides is 3. The van der Waals surface area contributed by atoms with E-state index in [4.69, 9.17) is 9.15 Å². The molecule has 0 radical (unpaired) electrons. The molecule has 1 aliphatic heterocycles. The Kier molecular flexibility index (Phi) is 4.83. The minimum absolute atomic E-state index is 0.275. The molecule has 26 heavy (non-hydrogen) atoms. The van der Waals surface area contributed by atoms with Crippen molar-refractivity contribution in [2.45, 2.75) is 33.4 Å². The Bertz CT molecular complexity index is 837. The second-order valence-electron chi connectivity index (χ2n) is 6.22. The number of hydrogen-bond acceptors (Lipinski definition) is 5. The molecule has 0 aliphatic carbocycles. The zero-order valence-corrected chi connectivity index (χ0v) is 14.9. The van der Waals surface area contributed by atoms with Crippen molar-refractivity contribution in [1.82, 2.24) is 14.8 Å². The Hall–Kier alpha value is -3.03. The van der Waals surface area contributed by atoms with Crippen LogP contribution in [0.1, 0.15) is 34.4 Å². The van der Waals surface area contributed by atoms with E-state index in [2.05, 4.69) is 5.32 Å². The molecule has 8 heteroatoms. The maximum absolute atomic E-state index is 12.5. The van der Waals surface area contributed by atoms with Crippen molar-refractivity contribution >= 4 is 17.9 Å². The summed E-state index contributed by atoms with van der Waals surface area (Å²) >= 11 is 0. The highest BCUT2D eigenvalue weighted by atomic mass is 16.5. The van der Waals surface area contributed by atoms with Gasteiger partial charge in [-0.2, -0.15) is 0 Å². The largest absolute Gasteiger partial charge is 0.467 e. The molecule has 0 aromatic carbocycles. The number of nitrogens with one attached hydrogen (secondary N) is 1. The average Bonchev–Trinajstić information content (AvgIpc) is 3.32. The molecule has 0 saturated carbocycles. The van der Waals surface area contributed by atoms with Crippen molar-refractivity contribution in [3.63, 3.8) is 0 Å². The van der Waals surface area contributed by atoms with Crippen LogP contribution in [-0.4, -0.2) is 46.6 Å². The lowest BCUT2D eigenvalue weighted by atomic mass is 10.2. The van der Waals surface area contributed by atoms with E-state index in [1.807, 2.05) is 24.5 Å². The minimum atomic E-state index is -1.04. The van der Waals surface area contributed by atoms with Gasteiger partial charge in [-0.25, -0.2) is 9.59 Å². The third-order valence-electron chi connectivity index (χ3n) is 4.44. The molecule has 1 saturated heterocycles. The maximum Gasteiger partial charge on any atom is 0.340 e. The zero-order chi connectivity index (χ0) is 18.8. The Morgan fingerprint density at radius 1 is 1.38 bits per heavy atom. The Morgan fingerprint density at radius 2 is 2.15 bits per heavy atom. The molecule has 3 amide bonds. The van der Waals surface area contributed by atoms with E-state index in [1.54, 1.807) is 18.4 Å². The summed E-state index contributed by atoms with van der Waals surface area (Å²) in [4.78, 5) is 37.4. The van der Waals surface area contributed by atoms with E-state index in [1.165, 1.54) is 6.92 Å². The van der Waals surface area contributed by atoms with Gasteiger partial charge in [-0.05, 0) is 39.0 Å². The number of carbonyl (C=O) groups excluding carboxylic acids is 3. The van der Waals surface area contributed by atoms with Gasteiger partial charge in [0.2, 0.25) is 0 Å². The third-order valence-corrected chi connectivity index (χ3v) is 4.44. The molecule has 3 rings (SSSR count). The topological polar surface area (TPSA) is 93.8 Å². The highest BCUT2D eigenvalue weighted by molar-refractivity contribution is 5.99. The summed E-state index contributed by atoms with van der Waals surface area (Å²) in [5.74, 6) is -0.350. The van der Waals surface area contributed by atoms with Crippen LogP contribution in [0.5, 0.6) is 0 Å². The summed E-state index contributed by atoms with van der Waals surface area (Å²) in [6.45, 7) is 6.34. The summed E-state index contributed by atoms with van der Waals surface area (Å²) in [5.41, 5.74) is 1.99. The second kappa shape index (κ2) is 7.07. The summed E-state index contributed by atoms with van der Waals surface area (Å²) in [5, 5.41) is 2.54. The normalized spacial score (nSPS) is 15.0. The number of aryl methyl sites for hydroxylation is 1. The minimum Gasteiger partial charge on any atom is -0.467 e. The number of ether oxygens (including phenoxy) is 1. The van der Waals surface area contributed by atoms with Gasteiger partial charge in [-0.3, -0.25) is 9.69 Å². The molecule has 8 nitrogen and oxygen atoms in total. The molecule has 1 atom stereocenters. The molecule has 1 fully saturated rings. The Morgan fingerprint density at radius 3 is 2.77 bits per heavy atom. The highest BCUT2D eigenvalue weighted by Crippen LogP contribution is 2.19. The molecule has 1 unspecified atom stereocenters. The van der Waals surface area contributed by atoms with Gasteiger partial charge in [0, 0.05) is 24.5 Å². The first-order chi connectivity index (χ1) is 12.4. The lowest BCUT2D eigenvalue weighted by Gasteiger charge is -2.18. The number of esters is 1. The number of nitrogens with zero attached hydrogens (tertiary/aromatic N) is 2. The van der Waals surface area contributed by atoms with E-state index in [0.29, 0.717) is 18.7 Å². The number of urea groups is 1. The predicted octanol–water partition coefficient (Wildman–Crippen LogP) is 1.84. The van der Waals surface area contributed by atoms with E-state index in [0.717, 1.165) is 22.0 Å². The molecular formula is C18H21N3O5. The van der Waals surface area contributed by atoms with Crippen LogP contribution >= 0.6 is 0 Å². The highest BCUT2D eigenvalue weighted by Gasteiger charge is 2.32. The molecule has 1 aliphatic rings. The molecule has 2 aromatic rings.